The minimum absolute atomic E-state index is 0.0883. The molecular formula is C18H21N5O2. The molecule has 4 heterocycles. The number of nitrogens with zero attached hydrogens (tertiary/aromatic N) is 4. The lowest BCUT2D eigenvalue weighted by Gasteiger charge is -2.32. The van der Waals surface area contributed by atoms with Gasteiger partial charge in [-0.3, -0.25) is 4.79 Å². The summed E-state index contributed by atoms with van der Waals surface area (Å²) in [5, 5.41) is 0. The third kappa shape index (κ3) is 3.02. The topological polar surface area (TPSA) is 75.5 Å². The predicted octanol–water partition coefficient (Wildman–Crippen LogP) is 1.82. The molecule has 1 aliphatic heterocycles. The monoisotopic (exact) mass is 339 g/mol. The van der Waals surface area contributed by atoms with Crippen molar-refractivity contribution in [3.05, 3.63) is 53.5 Å². The first-order valence-electron chi connectivity index (χ1n) is 8.45. The number of nitrogens with one attached hydrogen (secondary N) is 1. The van der Waals surface area contributed by atoms with Gasteiger partial charge in [-0.2, -0.15) is 0 Å². The molecule has 25 heavy (non-hydrogen) atoms. The van der Waals surface area contributed by atoms with Crippen molar-refractivity contribution in [3.8, 4) is 0 Å². The van der Waals surface area contributed by atoms with Crippen LogP contribution in [0.3, 0.4) is 0 Å². The Hall–Kier alpha value is -2.67. The fraction of sp³-hybridized carbons (Fsp3) is 0.389. The number of aryl methyl sites for hydroxylation is 2. The number of imidazole rings is 2. The maximum Gasteiger partial charge on any atom is 0.228 e. The summed E-state index contributed by atoms with van der Waals surface area (Å²) in [7, 11) is 0. The highest BCUT2D eigenvalue weighted by Gasteiger charge is 2.28. The highest BCUT2D eigenvalue weighted by Crippen LogP contribution is 2.21. The molecule has 1 atom stereocenters. The van der Waals surface area contributed by atoms with E-state index in [2.05, 4.69) is 15.0 Å². The number of amides is 1. The summed E-state index contributed by atoms with van der Waals surface area (Å²) in [6, 6.07) is 5.85. The number of fused-ring (bicyclic) bond motifs is 1. The van der Waals surface area contributed by atoms with Gasteiger partial charge in [-0.05, 0) is 26.0 Å². The van der Waals surface area contributed by atoms with Gasteiger partial charge in [0.25, 0.3) is 0 Å². The largest absolute Gasteiger partial charge is 0.367 e. The zero-order chi connectivity index (χ0) is 17.4. The van der Waals surface area contributed by atoms with Crippen molar-refractivity contribution >= 4 is 11.6 Å². The van der Waals surface area contributed by atoms with Crippen LogP contribution in [0.15, 0.2) is 30.6 Å². The predicted molar refractivity (Wildman–Crippen MR) is 92.2 cm³/mol. The van der Waals surface area contributed by atoms with Crippen molar-refractivity contribution in [1.29, 1.82) is 0 Å². The maximum atomic E-state index is 12.8. The van der Waals surface area contributed by atoms with E-state index in [0.29, 0.717) is 26.1 Å². The van der Waals surface area contributed by atoms with E-state index in [9.17, 15) is 4.79 Å². The zero-order valence-electron chi connectivity index (χ0n) is 14.4. The number of aromatic amines is 1. The number of carbonyl (C=O) groups excluding carboxylic acids is 1. The second-order valence-corrected chi connectivity index (χ2v) is 6.40. The average Bonchev–Trinajstić information content (AvgIpc) is 3.19. The number of carbonyl (C=O) groups is 1. The summed E-state index contributed by atoms with van der Waals surface area (Å²) in [5.74, 6) is 0.867. The molecular weight excluding hydrogens is 318 g/mol. The Morgan fingerprint density at radius 3 is 3.08 bits per heavy atom. The third-order valence-electron chi connectivity index (χ3n) is 4.59. The van der Waals surface area contributed by atoms with E-state index in [1.54, 1.807) is 6.20 Å². The molecule has 0 aliphatic carbocycles. The van der Waals surface area contributed by atoms with E-state index in [-0.39, 0.29) is 12.0 Å². The van der Waals surface area contributed by atoms with Gasteiger partial charge in [0, 0.05) is 24.6 Å². The second-order valence-electron chi connectivity index (χ2n) is 6.40. The van der Waals surface area contributed by atoms with Crippen LogP contribution in [0.2, 0.25) is 0 Å². The summed E-state index contributed by atoms with van der Waals surface area (Å²) in [5.41, 5.74) is 3.70. The number of ether oxygens (including phenoxy) is 1. The van der Waals surface area contributed by atoms with Gasteiger partial charge in [-0.1, -0.05) is 6.07 Å². The maximum absolute atomic E-state index is 12.8. The molecule has 0 unspecified atom stereocenters. The number of pyridine rings is 1. The molecule has 0 saturated carbocycles. The molecule has 0 bridgehead atoms. The Kier molecular flexibility index (Phi) is 4.01. The van der Waals surface area contributed by atoms with Gasteiger partial charge < -0.3 is 19.0 Å². The van der Waals surface area contributed by atoms with Gasteiger partial charge >= 0.3 is 0 Å². The van der Waals surface area contributed by atoms with Gasteiger partial charge in [0.15, 0.2) is 0 Å². The third-order valence-corrected chi connectivity index (χ3v) is 4.59. The molecule has 1 saturated heterocycles. The Labute approximate surface area is 145 Å². The van der Waals surface area contributed by atoms with Crippen LogP contribution in [-0.4, -0.2) is 49.9 Å². The van der Waals surface area contributed by atoms with Crippen molar-refractivity contribution < 1.29 is 9.53 Å². The highest BCUT2D eigenvalue weighted by atomic mass is 16.5. The van der Waals surface area contributed by atoms with E-state index in [1.165, 1.54) is 0 Å². The van der Waals surface area contributed by atoms with Crippen LogP contribution >= 0.6 is 0 Å². The number of morpholine rings is 1. The SMILES string of the molecule is Cc1cnc([C@H]2CN(C(=O)Cc3c(C)nc4ccccn34)CCO2)[nH]1. The van der Waals surface area contributed by atoms with E-state index in [0.717, 1.165) is 28.6 Å². The molecule has 130 valence electrons. The molecule has 7 heteroatoms. The van der Waals surface area contributed by atoms with Crippen molar-refractivity contribution in [3.63, 3.8) is 0 Å². The van der Waals surface area contributed by atoms with Crippen molar-refractivity contribution in [1.82, 2.24) is 24.3 Å². The van der Waals surface area contributed by atoms with Crippen LogP contribution < -0.4 is 0 Å². The lowest BCUT2D eigenvalue weighted by molar-refractivity contribution is -0.138. The molecule has 1 aliphatic rings. The first-order chi connectivity index (χ1) is 12.1. The number of hydrogen-bond donors (Lipinski definition) is 1. The normalized spacial score (nSPS) is 18.0. The molecule has 1 N–H and O–H groups in total. The summed E-state index contributed by atoms with van der Waals surface area (Å²) >= 11 is 0. The molecule has 1 fully saturated rings. The van der Waals surface area contributed by atoms with Gasteiger partial charge in [-0.25, -0.2) is 9.97 Å². The minimum Gasteiger partial charge on any atom is -0.367 e. The first-order valence-corrected chi connectivity index (χ1v) is 8.45. The summed E-state index contributed by atoms with van der Waals surface area (Å²) in [6.45, 7) is 5.54. The Morgan fingerprint density at radius 1 is 1.40 bits per heavy atom. The quantitative estimate of drug-likeness (QED) is 0.790. The lowest BCUT2D eigenvalue weighted by Crippen LogP contribution is -2.43. The average molecular weight is 339 g/mol. The molecule has 1 amide bonds. The number of aromatic nitrogens is 4. The van der Waals surface area contributed by atoms with Crippen LogP contribution in [0.25, 0.3) is 5.65 Å². The number of H-pyrrole nitrogens is 1. The lowest BCUT2D eigenvalue weighted by atomic mass is 10.2. The Bertz CT molecular complexity index is 913. The van der Waals surface area contributed by atoms with Crippen LogP contribution in [-0.2, 0) is 16.0 Å². The molecule has 0 spiro atoms. The minimum atomic E-state index is -0.199. The van der Waals surface area contributed by atoms with Gasteiger partial charge in [0.2, 0.25) is 5.91 Å². The van der Waals surface area contributed by atoms with Crippen LogP contribution in [0.1, 0.15) is 29.0 Å². The number of rotatable bonds is 3. The Balaban J connectivity index is 1.51. The van der Waals surface area contributed by atoms with Crippen LogP contribution in [0, 0.1) is 13.8 Å². The van der Waals surface area contributed by atoms with Crippen LogP contribution in [0.5, 0.6) is 0 Å². The number of hydrogen-bond acceptors (Lipinski definition) is 4. The van der Waals surface area contributed by atoms with Crippen molar-refractivity contribution in [2.45, 2.75) is 26.4 Å². The van der Waals surface area contributed by atoms with Crippen molar-refractivity contribution in [2.24, 2.45) is 0 Å². The fourth-order valence-corrected chi connectivity index (χ4v) is 3.27. The van der Waals surface area contributed by atoms with Crippen molar-refractivity contribution in [2.75, 3.05) is 19.7 Å². The Morgan fingerprint density at radius 2 is 2.28 bits per heavy atom. The van der Waals surface area contributed by atoms with E-state index < -0.39 is 0 Å². The second kappa shape index (κ2) is 6.33. The van der Waals surface area contributed by atoms with Gasteiger partial charge in [0.1, 0.15) is 17.6 Å². The summed E-state index contributed by atoms with van der Waals surface area (Å²) in [4.78, 5) is 26.8. The van der Waals surface area contributed by atoms with Crippen LogP contribution in [0.4, 0.5) is 0 Å². The summed E-state index contributed by atoms with van der Waals surface area (Å²) < 4.78 is 7.77. The molecule has 3 aromatic rings. The molecule has 3 aromatic heterocycles. The van der Waals surface area contributed by atoms with Gasteiger partial charge in [-0.15, -0.1) is 0 Å². The van der Waals surface area contributed by atoms with Gasteiger partial charge in [0.05, 0.1) is 31.0 Å². The molecule has 4 rings (SSSR count). The van der Waals surface area contributed by atoms with E-state index >= 15 is 0 Å². The standard InChI is InChI=1S/C18H21N5O2/c1-12-10-19-18(20-12)15-11-22(7-8-25-15)17(24)9-14-13(2)21-16-5-3-4-6-23(14)16/h3-6,10,15H,7-9,11H2,1-2H3,(H,19,20)/t15-/m1/s1. The molecule has 0 aromatic carbocycles. The molecule has 7 nitrogen and oxygen atoms in total. The zero-order valence-corrected chi connectivity index (χ0v) is 14.4. The molecule has 0 radical (unpaired) electrons. The fourth-order valence-electron chi connectivity index (χ4n) is 3.27. The highest BCUT2D eigenvalue weighted by molar-refractivity contribution is 5.79. The van der Waals surface area contributed by atoms with E-state index in [4.69, 9.17) is 4.74 Å². The smallest absolute Gasteiger partial charge is 0.228 e. The summed E-state index contributed by atoms with van der Waals surface area (Å²) in [6.07, 6.45) is 3.86. The van der Waals surface area contributed by atoms with E-state index in [1.807, 2.05) is 47.5 Å². The first kappa shape index (κ1) is 15.8.